The summed E-state index contributed by atoms with van der Waals surface area (Å²) in [5, 5.41) is 2.63. The molecular weight excluding hydrogens is 530 g/mol. The normalized spacial score (nSPS) is 11.8. The number of likely N-dealkylation sites (N-methyl/N-ethyl adjacent to an activating group) is 1. The smallest absolute Gasteiger partial charge is 0.264 e. The highest BCUT2D eigenvalue weighted by Crippen LogP contribution is 2.36. The lowest BCUT2D eigenvalue weighted by Crippen LogP contribution is -2.51. The van der Waals surface area contributed by atoms with Gasteiger partial charge in [-0.15, -0.1) is 0 Å². The van der Waals surface area contributed by atoms with Gasteiger partial charge in [0.1, 0.15) is 24.1 Å². The number of carbonyl (C=O) groups excluding carboxylic acids is 2. The van der Waals surface area contributed by atoms with Crippen LogP contribution in [0, 0.1) is 13.8 Å². The van der Waals surface area contributed by atoms with Gasteiger partial charge in [0, 0.05) is 19.7 Å². The topological polar surface area (TPSA) is 105 Å². The van der Waals surface area contributed by atoms with E-state index in [0.717, 1.165) is 21.0 Å². The fourth-order valence-electron chi connectivity index (χ4n) is 4.40. The van der Waals surface area contributed by atoms with Crippen molar-refractivity contribution in [3.8, 4) is 11.5 Å². The van der Waals surface area contributed by atoms with E-state index in [-0.39, 0.29) is 28.8 Å². The molecule has 1 atom stereocenters. The number of sulfonamides is 1. The number of amides is 2. The second kappa shape index (κ2) is 13.3. The number of aryl methyl sites for hydroxylation is 2. The third-order valence-electron chi connectivity index (χ3n) is 6.78. The van der Waals surface area contributed by atoms with E-state index in [1.807, 2.05) is 45.0 Å². The largest absolute Gasteiger partial charge is 0.497 e. The Morgan fingerprint density at radius 2 is 1.62 bits per heavy atom. The van der Waals surface area contributed by atoms with Crippen LogP contribution in [0.1, 0.15) is 30.0 Å². The van der Waals surface area contributed by atoms with E-state index >= 15 is 0 Å². The van der Waals surface area contributed by atoms with E-state index in [0.29, 0.717) is 12.2 Å². The Kier molecular flexibility index (Phi) is 10.2. The van der Waals surface area contributed by atoms with Crippen LogP contribution in [0.2, 0.25) is 0 Å². The number of carbonyl (C=O) groups is 2. The van der Waals surface area contributed by atoms with Gasteiger partial charge in [0.15, 0.2) is 0 Å². The molecule has 0 unspecified atom stereocenters. The Bertz CT molecular complexity index is 1440. The molecule has 0 bridgehead atoms. The minimum atomic E-state index is -4.25. The third kappa shape index (κ3) is 6.74. The highest BCUT2D eigenvalue weighted by molar-refractivity contribution is 7.92. The van der Waals surface area contributed by atoms with Crippen molar-refractivity contribution in [3.63, 3.8) is 0 Å². The van der Waals surface area contributed by atoms with Crippen molar-refractivity contribution in [2.45, 2.75) is 44.7 Å². The molecule has 2 amide bonds. The molecule has 0 spiro atoms. The predicted molar refractivity (Wildman–Crippen MR) is 155 cm³/mol. The lowest BCUT2D eigenvalue weighted by molar-refractivity contribution is -0.140. The van der Waals surface area contributed by atoms with Crippen LogP contribution in [0.4, 0.5) is 5.69 Å². The molecular formula is C30H37N3O6S. The van der Waals surface area contributed by atoms with Gasteiger partial charge in [-0.3, -0.25) is 13.9 Å². The summed E-state index contributed by atoms with van der Waals surface area (Å²) in [7, 11) is 0.155. The molecule has 0 radical (unpaired) electrons. The van der Waals surface area contributed by atoms with E-state index in [1.54, 1.807) is 24.3 Å². The number of methoxy groups -OCH3 is 2. The fraction of sp³-hybridized carbons (Fsp3) is 0.333. The average Bonchev–Trinajstić information content (AvgIpc) is 2.96. The van der Waals surface area contributed by atoms with Gasteiger partial charge >= 0.3 is 0 Å². The molecule has 3 aromatic carbocycles. The van der Waals surface area contributed by atoms with Crippen molar-refractivity contribution in [1.29, 1.82) is 0 Å². The number of nitrogens with one attached hydrogen (secondary N) is 1. The molecule has 214 valence electrons. The average molecular weight is 568 g/mol. The van der Waals surface area contributed by atoms with Crippen LogP contribution in [0.3, 0.4) is 0 Å². The first-order valence-electron chi connectivity index (χ1n) is 12.9. The van der Waals surface area contributed by atoms with Crippen LogP contribution < -0.4 is 19.1 Å². The summed E-state index contributed by atoms with van der Waals surface area (Å²) in [6.07, 6.45) is 0.338. The van der Waals surface area contributed by atoms with Crippen LogP contribution in [-0.2, 0) is 26.2 Å². The van der Waals surface area contributed by atoms with Gasteiger partial charge in [0.25, 0.3) is 10.0 Å². The Hall–Kier alpha value is -4.05. The highest BCUT2D eigenvalue weighted by atomic mass is 32.2. The van der Waals surface area contributed by atoms with Crippen molar-refractivity contribution in [1.82, 2.24) is 10.2 Å². The SMILES string of the molecule is CC[C@H](C(=O)NC)N(Cc1ccccc1C)C(=O)CN(c1cc(OC)ccc1OC)S(=O)(=O)c1ccc(C)cc1. The zero-order valence-electron chi connectivity index (χ0n) is 23.8. The lowest BCUT2D eigenvalue weighted by atomic mass is 10.1. The summed E-state index contributed by atoms with van der Waals surface area (Å²) in [6.45, 7) is 5.15. The lowest BCUT2D eigenvalue weighted by Gasteiger charge is -2.33. The van der Waals surface area contributed by atoms with E-state index in [2.05, 4.69) is 5.32 Å². The molecule has 40 heavy (non-hydrogen) atoms. The van der Waals surface area contributed by atoms with Gasteiger partial charge in [-0.05, 0) is 55.7 Å². The van der Waals surface area contributed by atoms with E-state index in [1.165, 1.54) is 44.4 Å². The minimum absolute atomic E-state index is 0.0135. The first kappa shape index (κ1) is 30.5. The van der Waals surface area contributed by atoms with Crippen molar-refractivity contribution < 1.29 is 27.5 Å². The molecule has 0 saturated carbocycles. The summed E-state index contributed by atoms with van der Waals surface area (Å²) in [5.74, 6) is -0.246. The zero-order valence-corrected chi connectivity index (χ0v) is 24.6. The Morgan fingerprint density at radius 1 is 0.950 bits per heavy atom. The first-order valence-corrected chi connectivity index (χ1v) is 14.4. The molecule has 0 aromatic heterocycles. The van der Waals surface area contributed by atoms with E-state index < -0.39 is 28.5 Å². The van der Waals surface area contributed by atoms with Gasteiger partial charge in [0.2, 0.25) is 11.8 Å². The summed E-state index contributed by atoms with van der Waals surface area (Å²) in [6, 6.07) is 17.9. The maximum absolute atomic E-state index is 14.1. The van der Waals surface area contributed by atoms with E-state index in [9.17, 15) is 18.0 Å². The molecule has 0 saturated heterocycles. The molecule has 3 rings (SSSR count). The number of benzene rings is 3. The molecule has 0 aliphatic rings. The minimum Gasteiger partial charge on any atom is -0.497 e. The monoisotopic (exact) mass is 567 g/mol. The second-order valence-electron chi connectivity index (χ2n) is 9.35. The van der Waals surface area contributed by atoms with Gasteiger partial charge in [-0.1, -0.05) is 48.9 Å². The maximum Gasteiger partial charge on any atom is 0.264 e. The van der Waals surface area contributed by atoms with Crippen molar-refractivity contribution >= 4 is 27.5 Å². The van der Waals surface area contributed by atoms with Crippen molar-refractivity contribution in [2.24, 2.45) is 0 Å². The van der Waals surface area contributed by atoms with Gasteiger partial charge in [-0.25, -0.2) is 8.42 Å². The summed E-state index contributed by atoms with van der Waals surface area (Å²) in [5.41, 5.74) is 2.83. The first-order chi connectivity index (χ1) is 19.1. The van der Waals surface area contributed by atoms with Gasteiger partial charge in [-0.2, -0.15) is 0 Å². The van der Waals surface area contributed by atoms with Crippen LogP contribution in [0.15, 0.2) is 71.6 Å². The molecule has 0 fully saturated rings. The van der Waals surface area contributed by atoms with Gasteiger partial charge < -0.3 is 19.7 Å². The molecule has 10 heteroatoms. The molecule has 0 aliphatic heterocycles. The molecule has 3 aromatic rings. The summed E-state index contributed by atoms with van der Waals surface area (Å²) < 4.78 is 40.1. The number of nitrogens with zero attached hydrogens (tertiary/aromatic N) is 2. The number of hydrogen-bond acceptors (Lipinski definition) is 6. The zero-order chi connectivity index (χ0) is 29.4. The Morgan fingerprint density at radius 3 is 2.20 bits per heavy atom. The maximum atomic E-state index is 14.1. The number of anilines is 1. The third-order valence-corrected chi connectivity index (χ3v) is 8.55. The fourth-order valence-corrected chi connectivity index (χ4v) is 5.82. The van der Waals surface area contributed by atoms with Crippen LogP contribution in [0.5, 0.6) is 11.5 Å². The summed E-state index contributed by atoms with van der Waals surface area (Å²) >= 11 is 0. The molecule has 0 aliphatic carbocycles. The number of hydrogen-bond donors (Lipinski definition) is 1. The number of rotatable bonds is 12. The van der Waals surface area contributed by atoms with Crippen molar-refractivity contribution in [2.75, 3.05) is 32.1 Å². The standard InChI is InChI=1S/C30H37N3O6S/c1-7-26(30(35)31-4)32(19-23-11-9-8-10-22(23)3)29(34)20-33(27-18-24(38-5)14-17-28(27)39-6)40(36,37)25-15-12-21(2)13-16-25/h8-18,26H,7,19-20H2,1-6H3,(H,31,35)/t26-/m1/s1. The van der Waals surface area contributed by atoms with Gasteiger partial charge in [0.05, 0.1) is 24.8 Å². The van der Waals surface area contributed by atoms with Crippen LogP contribution in [-0.4, -0.2) is 59.0 Å². The second-order valence-corrected chi connectivity index (χ2v) is 11.2. The Labute approximate surface area is 236 Å². The molecule has 1 N–H and O–H groups in total. The van der Waals surface area contributed by atoms with Crippen LogP contribution >= 0.6 is 0 Å². The van der Waals surface area contributed by atoms with Crippen LogP contribution in [0.25, 0.3) is 0 Å². The predicted octanol–water partition coefficient (Wildman–Crippen LogP) is 4.07. The van der Waals surface area contributed by atoms with Crippen molar-refractivity contribution in [3.05, 3.63) is 83.4 Å². The quantitative estimate of drug-likeness (QED) is 0.354. The Balaban J connectivity index is 2.16. The number of ether oxygens (including phenoxy) is 2. The molecule has 0 heterocycles. The molecule has 9 nitrogen and oxygen atoms in total. The van der Waals surface area contributed by atoms with E-state index in [4.69, 9.17) is 9.47 Å². The highest BCUT2D eigenvalue weighted by Gasteiger charge is 2.35. The summed E-state index contributed by atoms with van der Waals surface area (Å²) in [4.78, 5) is 28.4.